The zero-order valence-corrected chi connectivity index (χ0v) is 12.9. The first kappa shape index (κ1) is 15.2. The Morgan fingerprint density at radius 3 is 2.52 bits per heavy atom. The van der Waals surface area contributed by atoms with Crippen LogP contribution in [-0.2, 0) is 11.2 Å². The molecule has 0 fully saturated rings. The van der Waals surface area contributed by atoms with Crippen molar-refractivity contribution >= 4 is 33.2 Å². The van der Waals surface area contributed by atoms with Crippen LogP contribution < -0.4 is 5.32 Å². The summed E-state index contributed by atoms with van der Waals surface area (Å²) in [5, 5.41) is 13.4. The highest BCUT2D eigenvalue weighted by atomic mass is 79.9. The summed E-state index contributed by atoms with van der Waals surface area (Å²) in [5.74, 6) is -0.171. The van der Waals surface area contributed by atoms with E-state index in [1.54, 1.807) is 12.1 Å². The number of rotatable bonds is 4. The van der Waals surface area contributed by atoms with Crippen molar-refractivity contribution in [2.45, 2.75) is 13.3 Å². The molecule has 0 saturated carbocycles. The number of benzene rings is 2. The zero-order chi connectivity index (χ0) is 15.4. The van der Waals surface area contributed by atoms with E-state index < -0.39 is 4.92 Å². The molecule has 2 aromatic rings. The van der Waals surface area contributed by atoms with Crippen molar-refractivity contribution in [2.24, 2.45) is 0 Å². The maximum absolute atomic E-state index is 12.0. The van der Waals surface area contributed by atoms with Crippen LogP contribution in [-0.4, -0.2) is 10.8 Å². The number of hydrogen-bond donors (Lipinski definition) is 1. The van der Waals surface area contributed by atoms with Gasteiger partial charge in [-0.15, -0.1) is 0 Å². The molecule has 0 bridgehead atoms. The van der Waals surface area contributed by atoms with Crippen LogP contribution in [0.1, 0.15) is 11.1 Å². The molecule has 0 spiro atoms. The number of hydrogen-bond acceptors (Lipinski definition) is 3. The number of nitro benzene ring substituents is 1. The SMILES string of the molecule is Cc1ccc(Br)c(NC(=O)Cc2ccc([N+](=O)[O-])cc2)c1. The van der Waals surface area contributed by atoms with Gasteiger partial charge in [0.05, 0.1) is 17.0 Å². The van der Waals surface area contributed by atoms with E-state index in [0.29, 0.717) is 5.69 Å². The number of carbonyl (C=O) groups excluding carboxylic acids is 1. The fraction of sp³-hybridized carbons (Fsp3) is 0.133. The molecule has 1 amide bonds. The lowest BCUT2D eigenvalue weighted by molar-refractivity contribution is -0.384. The Hall–Kier alpha value is -2.21. The Bertz CT molecular complexity index is 684. The number of halogens is 1. The number of carbonyl (C=O) groups is 1. The second kappa shape index (κ2) is 6.49. The predicted molar refractivity (Wildman–Crippen MR) is 84.3 cm³/mol. The van der Waals surface area contributed by atoms with Crippen molar-refractivity contribution in [1.29, 1.82) is 0 Å². The quantitative estimate of drug-likeness (QED) is 0.673. The number of anilines is 1. The smallest absolute Gasteiger partial charge is 0.269 e. The van der Waals surface area contributed by atoms with Crippen LogP contribution in [0, 0.1) is 17.0 Å². The lowest BCUT2D eigenvalue weighted by Crippen LogP contribution is -2.14. The minimum atomic E-state index is -0.465. The number of amides is 1. The van der Waals surface area contributed by atoms with Gasteiger partial charge in [0, 0.05) is 16.6 Å². The Labute approximate surface area is 130 Å². The minimum absolute atomic E-state index is 0.0144. The number of aryl methyl sites for hydroxylation is 1. The largest absolute Gasteiger partial charge is 0.325 e. The van der Waals surface area contributed by atoms with Crippen LogP contribution in [0.3, 0.4) is 0 Å². The highest BCUT2D eigenvalue weighted by Gasteiger charge is 2.09. The molecule has 1 N–H and O–H groups in total. The van der Waals surface area contributed by atoms with Gasteiger partial charge in [-0.05, 0) is 46.1 Å². The second-order valence-electron chi connectivity index (χ2n) is 4.63. The van der Waals surface area contributed by atoms with E-state index in [1.807, 2.05) is 25.1 Å². The molecular weight excluding hydrogens is 336 g/mol. The number of non-ortho nitro benzene ring substituents is 1. The molecule has 5 nitrogen and oxygen atoms in total. The van der Waals surface area contributed by atoms with Crippen LogP contribution >= 0.6 is 15.9 Å². The Morgan fingerprint density at radius 1 is 1.24 bits per heavy atom. The maximum Gasteiger partial charge on any atom is 0.269 e. The van der Waals surface area contributed by atoms with E-state index in [0.717, 1.165) is 15.6 Å². The summed E-state index contributed by atoms with van der Waals surface area (Å²) in [6.07, 6.45) is 0.165. The second-order valence-corrected chi connectivity index (χ2v) is 5.49. The van der Waals surface area contributed by atoms with Crippen molar-refractivity contribution in [3.8, 4) is 0 Å². The molecule has 2 rings (SSSR count). The first-order valence-electron chi connectivity index (χ1n) is 6.25. The summed E-state index contributed by atoms with van der Waals surface area (Å²) in [6.45, 7) is 1.94. The highest BCUT2D eigenvalue weighted by molar-refractivity contribution is 9.10. The van der Waals surface area contributed by atoms with Crippen molar-refractivity contribution in [1.82, 2.24) is 0 Å². The predicted octanol–water partition coefficient (Wildman–Crippen LogP) is 3.85. The van der Waals surface area contributed by atoms with E-state index in [2.05, 4.69) is 21.2 Å². The molecule has 21 heavy (non-hydrogen) atoms. The third-order valence-electron chi connectivity index (χ3n) is 2.91. The van der Waals surface area contributed by atoms with Crippen LogP contribution in [0.4, 0.5) is 11.4 Å². The molecule has 108 valence electrons. The van der Waals surface area contributed by atoms with Gasteiger partial charge in [-0.2, -0.15) is 0 Å². The molecule has 0 aliphatic carbocycles. The van der Waals surface area contributed by atoms with Crippen LogP contribution in [0.2, 0.25) is 0 Å². The van der Waals surface area contributed by atoms with Crippen molar-refractivity contribution in [2.75, 3.05) is 5.32 Å². The summed E-state index contributed by atoms with van der Waals surface area (Å²) >= 11 is 3.38. The summed E-state index contributed by atoms with van der Waals surface area (Å²) < 4.78 is 0.810. The van der Waals surface area contributed by atoms with E-state index in [1.165, 1.54) is 12.1 Å². The van der Waals surface area contributed by atoms with Crippen molar-refractivity contribution in [3.63, 3.8) is 0 Å². The molecule has 0 saturated heterocycles. The van der Waals surface area contributed by atoms with Crippen molar-refractivity contribution < 1.29 is 9.72 Å². The Kier molecular flexibility index (Phi) is 4.70. The molecule has 0 aliphatic rings. The van der Waals surface area contributed by atoms with E-state index in [9.17, 15) is 14.9 Å². The summed E-state index contributed by atoms with van der Waals surface area (Å²) in [4.78, 5) is 22.1. The molecule has 0 radical (unpaired) electrons. The molecule has 0 atom stereocenters. The average molecular weight is 349 g/mol. The first-order chi connectivity index (χ1) is 9.95. The molecule has 6 heteroatoms. The lowest BCUT2D eigenvalue weighted by Gasteiger charge is -2.08. The third-order valence-corrected chi connectivity index (χ3v) is 3.60. The number of nitrogens with zero attached hydrogens (tertiary/aromatic N) is 1. The minimum Gasteiger partial charge on any atom is -0.325 e. The van der Waals surface area contributed by atoms with Gasteiger partial charge in [0.15, 0.2) is 0 Å². The van der Waals surface area contributed by atoms with Crippen LogP contribution in [0.5, 0.6) is 0 Å². The van der Waals surface area contributed by atoms with E-state index in [-0.39, 0.29) is 18.0 Å². The Morgan fingerprint density at radius 2 is 1.90 bits per heavy atom. The summed E-state index contributed by atoms with van der Waals surface area (Å²) in [7, 11) is 0. The third kappa shape index (κ3) is 4.13. The number of nitro groups is 1. The molecule has 2 aromatic carbocycles. The van der Waals surface area contributed by atoms with E-state index in [4.69, 9.17) is 0 Å². The van der Waals surface area contributed by atoms with Gasteiger partial charge in [0.1, 0.15) is 0 Å². The molecule has 0 aromatic heterocycles. The zero-order valence-electron chi connectivity index (χ0n) is 11.3. The van der Waals surface area contributed by atoms with Gasteiger partial charge in [-0.1, -0.05) is 18.2 Å². The van der Waals surface area contributed by atoms with E-state index >= 15 is 0 Å². The number of nitrogens with one attached hydrogen (secondary N) is 1. The lowest BCUT2D eigenvalue weighted by atomic mass is 10.1. The van der Waals surface area contributed by atoms with Gasteiger partial charge >= 0.3 is 0 Å². The van der Waals surface area contributed by atoms with Gasteiger partial charge in [-0.3, -0.25) is 14.9 Å². The fourth-order valence-corrected chi connectivity index (χ4v) is 2.20. The molecule has 0 aliphatic heterocycles. The van der Waals surface area contributed by atoms with Gasteiger partial charge < -0.3 is 5.32 Å². The van der Waals surface area contributed by atoms with Gasteiger partial charge in [-0.25, -0.2) is 0 Å². The first-order valence-corrected chi connectivity index (χ1v) is 7.04. The van der Waals surface area contributed by atoms with Gasteiger partial charge in [0.2, 0.25) is 5.91 Å². The monoisotopic (exact) mass is 348 g/mol. The van der Waals surface area contributed by atoms with Gasteiger partial charge in [0.25, 0.3) is 5.69 Å². The fourth-order valence-electron chi connectivity index (χ4n) is 1.85. The Balaban J connectivity index is 2.04. The average Bonchev–Trinajstić information content (AvgIpc) is 2.43. The normalized spacial score (nSPS) is 10.2. The molecule has 0 unspecified atom stereocenters. The summed E-state index contributed by atoms with van der Waals surface area (Å²) in [6, 6.07) is 11.6. The topological polar surface area (TPSA) is 72.2 Å². The molecular formula is C15H13BrN2O3. The highest BCUT2D eigenvalue weighted by Crippen LogP contribution is 2.23. The van der Waals surface area contributed by atoms with Crippen LogP contribution in [0.15, 0.2) is 46.9 Å². The maximum atomic E-state index is 12.0. The standard InChI is InChI=1S/C15H13BrN2O3/c1-10-2-7-13(16)14(8-10)17-15(19)9-11-3-5-12(6-4-11)18(20)21/h2-8H,9H2,1H3,(H,17,19). The molecule has 0 heterocycles. The van der Waals surface area contributed by atoms with Crippen molar-refractivity contribution in [3.05, 3.63) is 68.2 Å². The van der Waals surface area contributed by atoms with Crippen LogP contribution in [0.25, 0.3) is 0 Å². The summed E-state index contributed by atoms with van der Waals surface area (Å²) in [5.41, 5.74) is 2.49.